The minimum Gasteiger partial charge on any atom is -0.383 e. The summed E-state index contributed by atoms with van der Waals surface area (Å²) in [4.78, 5) is 16.0. The van der Waals surface area contributed by atoms with Crippen LogP contribution in [-0.4, -0.2) is 23.0 Å². The first kappa shape index (κ1) is 12.5. The van der Waals surface area contributed by atoms with E-state index in [1.807, 2.05) is 27.7 Å². The molecule has 0 saturated heterocycles. The largest absolute Gasteiger partial charge is 0.383 e. The van der Waals surface area contributed by atoms with Gasteiger partial charge in [-0.05, 0) is 33.8 Å². The van der Waals surface area contributed by atoms with E-state index in [-0.39, 0.29) is 11.4 Å². The van der Waals surface area contributed by atoms with Crippen LogP contribution in [0.15, 0.2) is 18.5 Å². The van der Waals surface area contributed by atoms with Gasteiger partial charge in [0.2, 0.25) is 0 Å². The van der Waals surface area contributed by atoms with Crippen molar-refractivity contribution < 1.29 is 4.79 Å². The van der Waals surface area contributed by atoms with Crippen molar-refractivity contribution in [1.29, 1.82) is 0 Å². The molecule has 0 aliphatic heterocycles. The molecule has 1 rings (SSSR count). The van der Waals surface area contributed by atoms with Gasteiger partial charge in [-0.1, -0.05) is 0 Å². The molecule has 4 heteroatoms. The molecular formula is C12H19N3O. The van der Waals surface area contributed by atoms with Gasteiger partial charge in [-0.2, -0.15) is 0 Å². The van der Waals surface area contributed by atoms with Crippen LogP contribution >= 0.6 is 0 Å². The number of anilines is 1. The molecule has 0 atom stereocenters. The van der Waals surface area contributed by atoms with Gasteiger partial charge in [0, 0.05) is 18.3 Å². The van der Waals surface area contributed by atoms with Gasteiger partial charge in [0.25, 0.3) is 5.91 Å². The highest BCUT2D eigenvalue weighted by atomic mass is 16.1. The van der Waals surface area contributed by atoms with Gasteiger partial charge >= 0.3 is 0 Å². The van der Waals surface area contributed by atoms with Crippen molar-refractivity contribution in [2.24, 2.45) is 0 Å². The Balaban J connectivity index is 2.90. The summed E-state index contributed by atoms with van der Waals surface area (Å²) in [5.41, 5.74) is 1.17. The minimum absolute atomic E-state index is 0.0779. The van der Waals surface area contributed by atoms with E-state index in [0.29, 0.717) is 5.56 Å². The SMILES string of the molecule is CCNc1cnccc1C(=O)NC(C)(C)C. The van der Waals surface area contributed by atoms with Gasteiger partial charge < -0.3 is 10.6 Å². The summed E-state index contributed by atoms with van der Waals surface area (Å²) in [5.74, 6) is -0.0779. The zero-order valence-electron chi connectivity index (χ0n) is 10.3. The lowest BCUT2D eigenvalue weighted by molar-refractivity contribution is 0.0920. The quantitative estimate of drug-likeness (QED) is 0.821. The number of hydrogen-bond acceptors (Lipinski definition) is 3. The summed E-state index contributed by atoms with van der Waals surface area (Å²) in [6, 6.07) is 1.72. The highest BCUT2D eigenvalue weighted by Gasteiger charge is 2.17. The first-order valence-electron chi connectivity index (χ1n) is 5.44. The number of nitrogens with one attached hydrogen (secondary N) is 2. The molecule has 0 radical (unpaired) electrons. The van der Waals surface area contributed by atoms with Crippen molar-refractivity contribution >= 4 is 11.6 Å². The summed E-state index contributed by atoms with van der Waals surface area (Å²) in [5, 5.41) is 6.05. The third-order valence-corrected chi connectivity index (χ3v) is 1.92. The van der Waals surface area contributed by atoms with Crippen molar-refractivity contribution in [3.63, 3.8) is 0 Å². The van der Waals surface area contributed by atoms with Crippen molar-refractivity contribution in [3.8, 4) is 0 Å². The van der Waals surface area contributed by atoms with E-state index in [1.165, 1.54) is 0 Å². The second-order valence-electron chi connectivity index (χ2n) is 4.66. The average molecular weight is 221 g/mol. The fourth-order valence-corrected chi connectivity index (χ4v) is 1.33. The van der Waals surface area contributed by atoms with Crippen LogP contribution in [-0.2, 0) is 0 Å². The van der Waals surface area contributed by atoms with Crippen LogP contribution < -0.4 is 10.6 Å². The molecule has 1 amide bonds. The number of nitrogens with zero attached hydrogens (tertiary/aromatic N) is 1. The van der Waals surface area contributed by atoms with Crippen LogP contribution in [0, 0.1) is 0 Å². The summed E-state index contributed by atoms with van der Waals surface area (Å²) in [6.45, 7) is 8.62. The van der Waals surface area contributed by atoms with Crippen LogP contribution in [0.1, 0.15) is 38.1 Å². The van der Waals surface area contributed by atoms with Crippen molar-refractivity contribution in [2.75, 3.05) is 11.9 Å². The molecule has 1 aromatic heterocycles. The maximum absolute atomic E-state index is 12.0. The number of amides is 1. The Morgan fingerprint density at radius 3 is 2.69 bits per heavy atom. The van der Waals surface area contributed by atoms with Crippen LogP contribution in [0.4, 0.5) is 5.69 Å². The van der Waals surface area contributed by atoms with E-state index >= 15 is 0 Å². The average Bonchev–Trinajstić information content (AvgIpc) is 2.16. The standard InChI is InChI=1S/C12H19N3O/c1-5-14-10-8-13-7-6-9(10)11(16)15-12(2,3)4/h6-8,14H,5H2,1-4H3,(H,15,16). The molecule has 1 heterocycles. The number of aromatic nitrogens is 1. The molecule has 88 valence electrons. The van der Waals surface area contributed by atoms with Crippen LogP contribution in [0.2, 0.25) is 0 Å². The summed E-state index contributed by atoms with van der Waals surface area (Å²) in [6.07, 6.45) is 3.29. The molecule has 0 bridgehead atoms. The maximum Gasteiger partial charge on any atom is 0.253 e. The number of pyridine rings is 1. The molecule has 0 aliphatic rings. The Morgan fingerprint density at radius 1 is 1.44 bits per heavy atom. The molecule has 0 saturated carbocycles. The molecule has 0 aromatic carbocycles. The van der Waals surface area contributed by atoms with Gasteiger partial charge in [0.05, 0.1) is 17.4 Å². The molecule has 0 unspecified atom stereocenters. The second-order valence-corrected chi connectivity index (χ2v) is 4.66. The first-order valence-corrected chi connectivity index (χ1v) is 5.44. The molecule has 4 nitrogen and oxygen atoms in total. The first-order chi connectivity index (χ1) is 7.44. The van der Waals surface area contributed by atoms with Crippen molar-refractivity contribution in [3.05, 3.63) is 24.0 Å². The smallest absolute Gasteiger partial charge is 0.253 e. The Labute approximate surface area is 96.5 Å². The zero-order valence-corrected chi connectivity index (χ0v) is 10.3. The number of carbonyl (C=O) groups is 1. The zero-order chi connectivity index (χ0) is 12.2. The predicted molar refractivity (Wildman–Crippen MR) is 65.6 cm³/mol. The maximum atomic E-state index is 12.0. The van der Waals surface area contributed by atoms with Crippen molar-refractivity contribution in [2.45, 2.75) is 33.2 Å². The third-order valence-electron chi connectivity index (χ3n) is 1.92. The number of carbonyl (C=O) groups excluding carboxylic acids is 1. The molecule has 0 spiro atoms. The minimum atomic E-state index is -0.232. The second kappa shape index (κ2) is 4.96. The van der Waals surface area contributed by atoms with Gasteiger partial charge in [0.1, 0.15) is 0 Å². The van der Waals surface area contributed by atoms with E-state index < -0.39 is 0 Å². The molecule has 2 N–H and O–H groups in total. The van der Waals surface area contributed by atoms with Crippen molar-refractivity contribution in [1.82, 2.24) is 10.3 Å². The van der Waals surface area contributed by atoms with Gasteiger partial charge in [0.15, 0.2) is 0 Å². The Morgan fingerprint density at radius 2 is 2.12 bits per heavy atom. The Bertz CT molecular complexity index is 369. The number of hydrogen-bond donors (Lipinski definition) is 2. The fraction of sp³-hybridized carbons (Fsp3) is 0.500. The van der Waals surface area contributed by atoms with E-state index in [1.54, 1.807) is 18.5 Å². The Hall–Kier alpha value is -1.58. The van der Waals surface area contributed by atoms with Gasteiger partial charge in [-0.25, -0.2) is 0 Å². The van der Waals surface area contributed by atoms with E-state index in [9.17, 15) is 4.79 Å². The molecule has 16 heavy (non-hydrogen) atoms. The predicted octanol–water partition coefficient (Wildman–Crippen LogP) is 2.04. The van der Waals surface area contributed by atoms with Crippen LogP contribution in [0.3, 0.4) is 0 Å². The monoisotopic (exact) mass is 221 g/mol. The summed E-state index contributed by atoms with van der Waals surface area (Å²) >= 11 is 0. The van der Waals surface area contributed by atoms with E-state index in [2.05, 4.69) is 15.6 Å². The number of rotatable bonds is 3. The normalized spacial score (nSPS) is 11.0. The highest BCUT2D eigenvalue weighted by molar-refractivity contribution is 5.99. The summed E-state index contributed by atoms with van der Waals surface area (Å²) in [7, 11) is 0. The van der Waals surface area contributed by atoms with E-state index in [0.717, 1.165) is 12.2 Å². The lowest BCUT2D eigenvalue weighted by Crippen LogP contribution is -2.40. The fourth-order valence-electron chi connectivity index (χ4n) is 1.33. The summed E-state index contributed by atoms with van der Waals surface area (Å²) < 4.78 is 0. The van der Waals surface area contributed by atoms with Gasteiger partial charge in [-0.15, -0.1) is 0 Å². The highest BCUT2D eigenvalue weighted by Crippen LogP contribution is 2.14. The molecular weight excluding hydrogens is 202 g/mol. The third kappa shape index (κ3) is 3.53. The molecule has 1 aromatic rings. The topological polar surface area (TPSA) is 54.0 Å². The van der Waals surface area contributed by atoms with Crippen LogP contribution in [0.5, 0.6) is 0 Å². The lowest BCUT2D eigenvalue weighted by atomic mass is 10.1. The lowest BCUT2D eigenvalue weighted by Gasteiger charge is -2.21. The van der Waals surface area contributed by atoms with Crippen LogP contribution in [0.25, 0.3) is 0 Å². The molecule has 0 fully saturated rings. The molecule has 0 aliphatic carbocycles. The Kier molecular flexibility index (Phi) is 3.88. The van der Waals surface area contributed by atoms with Gasteiger partial charge in [-0.3, -0.25) is 9.78 Å². The van der Waals surface area contributed by atoms with E-state index in [4.69, 9.17) is 0 Å².